The number of hydrogen-bond acceptors (Lipinski definition) is 4. The Balaban J connectivity index is 2.66. The molecule has 0 aliphatic carbocycles. The molecular formula is C12H17N3O2S. The van der Waals surface area contributed by atoms with Crippen LogP contribution >= 0.6 is 0 Å². The Labute approximate surface area is 106 Å². The van der Waals surface area contributed by atoms with Crippen molar-refractivity contribution in [2.75, 3.05) is 12.4 Å². The Morgan fingerprint density at radius 2 is 2.00 bits per heavy atom. The van der Waals surface area contributed by atoms with Crippen LogP contribution in [0, 0.1) is 0 Å². The molecule has 0 saturated heterocycles. The van der Waals surface area contributed by atoms with Gasteiger partial charge in [-0.05, 0) is 36.7 Å². The molecule has 0 atom stereocenters. The van der Waals surface area contributed by atoms with E-state index in [-0.39, 0.29) is 10.8 Å². The van der Waals surface area contributed by atoms with Crippen molar-refractivity contribution in [2.24, 2.45) is 18.5 Å². The van der Waals surface area contributed by atoms with Gasteiger partial charge < -0.3 is 16.0 Å². The van der Waals surface area contributed by atoms with Crippen LogP contribution in [0.4, 0.5) is 0 Å². The summed E-state index contributed by atoms with van der Waals surface area (Å²) in [5.41, 5.74) is 12.9. The SMILES string of the molecule is Cn1cc(CCN)c2cc(S(=O)(=O)CN)ccc21. The van der Waals surface area contributed by atoms with E-state index in [9.17, 15) is 8.42 Å². The largest absolute Gasteiger partial charge is 0.350 e. The predicted octanol–water partition coefficient (Wildman–Crippen LogP) is 0.369. The summed E-state index contributed by atoms with van der Waals surface area (Å²) in [6.45, 7) is 0.535. The van der Waals surface area contributed by atoms with Crippen LogP contribution in [0.1, 0.15) is 5.56 Å². The van der Waals surface area contributed by atoms with Crippen LogP contribution in [-0.2, 0) is 23.3 Å². The first-order chi connectivity index (χ1) is 8.49. The van der Waals surface area contributed by atoms with Gasteiger partial charge in [-0.3, -0.25) is 0 Å². The number of hydrogen-bond donors (Lipinski definition) is 2. The van der Waals surface area contributed by atoms with Crippen molar-refractivity contribution >= 4 is 20.7 Å². The van der Waals surface area contributed by atoms with Gasteiger partial charge in [0.25, 0.3) is 0 Å². The number of nitrogens with two attached hydrogens (primary N) is 2. The van der Waals surface area contributed by atoms with Crippen LogP contribution in [0.15, 0.2) is 29.3 Å². The topological polar surface area (TPSA) is 91.1 Å². The summed E-state index contributed by atoms with van der Waals surface area (Å²) in [6, 6.07) is 5.08. The molecule has 6 heteroatoms. The van der Waals surface area contributed by atoms with Gasteiger partial charge >= 0.3 is 0 Å². The van der Waals surface area contributed by atoms with E-state index in [2.05, 4.69) is 0 Å². The average Bonchev–Trinajstić information content (AvgIpc) is 2.67. The second-order valence-corrected chi connectivity index (χ2v) is 6.30. The van der Waals surface area contributed by atoms with E-state index >= 15 is 0 Å². The van der Waals surface area contributed by atoms with E-state index < -0.39 is 9.84 Å². The quantitative estimate of drug-likeness (QED) is 0.837. The van der Waals surface area contributed by atoms with E-state index in [1.807, 2.05) is 17.8 Å². The summed E-state index contributed by atoms with van der Waals surface area (Å²) >= 11 is 0. The highest BCUT2D eigenvalue weighted by Crippen LogP contribution is 2.24. The van der Waals surface area contributed by atoms with Crippen LogP contribution in [0.25, 0.3) is 10.9 Å². The van der Waals surface area contributed by atoms with E-state index in [4.69, 9.17) is 11.5 Å². The van der Waals surface area contributed by atoms with E-state index in [0.29, 0.717) is 6.54 Å². The molecule has 98 valence electrons. The van der Waals surface area contributed by atoms with Crippen molar-refractivity contribution in [1.82, 2.24) is 4.57 Å². The summed E-state index contributed by atoms with van der Waals surface area (Å²) in [7, 11) is -1.44. The monoisotopic (exact) mass is 267 g/mol. The standard InChI is InChI=1S/C12H17N3O2S/c1-15-7-9(4-5-13)11-6-10(2-3-12(11)15)18(16,17)8-14/h2-3,6-7H,4-5,8,13-14H2,1H3. The summed E-state index contributed by atoms with van der Waals surface area (Å²) in [5, 5.41) is 0.928. The van der Waals surface area contributed by atoms with Crippen molar-refractivity contribution < 1.29 is 8.42 Å². The van der Waals surface area contributed by atoms with Crippen LogP contribution in [-0.4, -0.2) is 25.4 Å². The third kappa shape index (κ3) is 2.14. The Morgan fingerprint density at radius 3 is 2.61 bits per heavy atom. The van der Waals surface area contributed by atoms with Gasteiger partial charge in [0.05, 0.1) is 4.90 Å². The molecule has 0 amide bonds. The lowest BCUT2D eigenvalue weighted by Gasteiger charge is -2.03. The first-order valence-corrected chi connectivity index (χ1v) is 7.35. The maximum absolute atomic E-state index is 11.8. The van der Waals surface area contributed by atoms with Gasteiger partial charge in [-0.2, -0.15) is 0 Å². The minimum absolute atomic E-state index is 0.266. The molecule has 0 radical (unpaired) electrons. The molecule has 0 unspecified atom stereocenters. The third-order valence-electron chi connectivity index (χ3n) is 3.04. The first kappa shape index (κ1) is 13.1. The minimum atomic E-state index is -3.37. The van der Waals surface area contributed by atoms with Crippen LogP contribution in [0.2, 0.25) is 0 Å². The average molecular weight is 267 g/mol. The van der Waals surface area contributed by atoms with Crippen molar-refractivity contribution in [1.29, 1.82) is 0 Å². The number of nitrogens with zero attached hydrogens (tertiary/aromatic N) is 1. The van der Waals surface area contributed by atoms with Gasteiger partial charge in [0.2, 0.25) is 0 Å². The van der Waals surface area contributed by atoms with Crippen LogP contribution < -0.4 is 11.5 Å². The van der Waals surface area contributed by atoms with Gasteiger partial charge in [0.1, 0.15) is 5.88 Å². The Morgan fingerprint density at radius 1 is 1.28 bits per heavy atom. The zero-order valence-corrected chi connectivity index (χ0v) is 11.1. The fourth-order valence-corrected chi connectivity index (χ4v) is 2.86. The second-order valence-electron chi connectivity index (χ2n) is 4.26. The molecule has 1 heterocycles. The third-order valence-corrected chi connectivity index (χ3v) is 4.45. The fraction of sp³-hybridized carbons (Fsp3) is 0.333. The van der Waals surface area contributed by atoms with Crippen LogP contribution in [0.3, 0.4) is 0 Å². The van der Waals surface area contributed by atoms with E-state index in [1.165, 1.54) is 0 Å². The molecule has 1 aromatic heterocycles. The summed E-state index contributed by atoms with van der Waals surface area (Å²) in [6.07, 6.45) is 2.71. The zero-order chi connectivity index (χ0) is 13.3. The lowest BCUT2D eigenvalue weighted by Crippen LogP contribution is -2.14. The number of rotatable bonds is 4. The molecule has 0 saturated carbocycles. The Kier molecular flexibility index (Phi) is 3.43. The highest BCUT2D eigenvalue weighted by atomic mass is 32.2. The smallest absolute Gasteiger partial charge is 0.191 e. The molecule has 0 fully saturated rings. The van der Waals surface area contributed by atoms with Gasteiger partial charge in [0, 0.05) is 24.1 Å². The zero-order valence-electron chi connectivity index (χ0n) is 10.3. The summed E-state index contributed by atoms with van der Waals surface area (Å²) in [5.74, 6) is -0.377. The molecule has 0 aliphatic heterocycles. The van der Waals surface area contributed by atoms with E-state index in [1.54, 1.807) is 18.2 Å². The van der Waals surface area contributed by atoms with Crippen molar-refractivity contribution in [3.8, 4) is 0 Å². The number of aryl methyl sites for hydroxylation is 1. The van der Waals surface area contributed by atoms with Gasteiger partial charge in [-0.25, -0.2) is 8.42 Å². The molecular weight excluding hydrogens is 250 g/mol. The van der Waals surface area contributed by atoms with Crippen LogP contribution in [0.5, 0.6) is 0 Å². The highest BCUT2D eigenvalue weighted by molar-refractivity contribution is 7.91. The Bertz CT molecular complexity index is 674. The molecule has 0 bridgehead atoms. The molecule has 5 nitrogen and oxygen atoms in total. The Hall–Kier alpha value is -1.37. The number of aromatic nitrogens is 1. The molecule has 0 aliphatic rings. The maximum atomic E-state index is 11.8. The number of fused-ring (bicyclic) bond motifs is 1. The molecule has 1 aromatic carbocycles. The molecule has 4 N–H and O–H groups in total. The first-order valence-electron chi connectivity index (χ1n) is 5.70. The number of sulfone groups is 1. The van der Waals surface area contributed by atoms with Crippen molar-refractivity contribution in [2.45, 2.75) is 11.3 Å². The second kappa shape index (κ2) is 4.72. The van der Waals surface area contributed by atoms with Gasteiger partial charge in [-0.1, -0.05) is 0 Å². The summed E-state index contributed by atoms with van der Waals surface area (Å²) < 4.78 is 25.5. The molecule has 0 spiro atoms. The molecule has 2 rings (SSSR count). The van der Waals surface area contributed by atoms with E-state index in [0.717, 1.165) is 22.9 Å². The van der Waals surface area contributed by atoms with Crippen molar-refractivity contribution in [3.63, 3.8) is 0 Å². The molecule has 18 heavy (non-hydrogen) atoms. The minimum Gasteiger partial charge on any atom is -0.350 e. The lowest BCUT2D eigenvalue weighted by atomic mass is 10.1. The molecule has 2 aromatic rings. The van der Waals surface area contributed by atoms with Crippen molar-refractivity contribution in [3.05, 3.63) is 30.0 Å². The van der Waals surface area contributed by atoms with Gasteiger partial charge in [0.15, 0.2) is 9.84 Å². The highest BCUT2D eigenvalue weighted by Gasteiger charge is 2.14. The van der Waals surface area contributed by atoms with Gasteiger partial charge in [-0.15, -0.1) is 0 Å². The predicted molar refractivity (Wildman–Crippen MR) is 71.9 cm³/mol. The normalized spacial score (nSPS) is 12.2. The fourth-order valence-electron chi connectivity index (χ4n) is 2.10. The number of benzene rings is 1. The lowest BCUT2D eigenvalue weighted by molar-refractivity contribution is 0.596. The maximum Gasteiger partial charge on any atom is 0.191 e. The summed E-state index contributed by atoms with van der Waals surface area (Å²) in [4.78, 5) is 0.266.